The van der Waals surface area contributed by atoms with Gasteiger partial charge in [0.1, 0.15) is 0 Å². The standard InChI is InChI=1S/C10H21N3O/c1-8-3-6-12-9(7-8)10(14)13-5-2-4-11/h8-9,12H,2-7,11H2,1H3,(H,13,14). The van der Waals surface area contributed by atoms with Crippen LogP contribution in [0.25, 0.3) is 0 Å². The van der Waals surface area contributed by atoms with E-state index in [4.69, 9.17) is 5.73 Å². The summed E-state index contributed by atoms with van der Waals surface area (Å²) in [5.41, 5.74) is 5.35. The molecule has 14 heavy (non-hydrogen) atoms. The Hall–Kier alpha value is -0.610. The van der Waals surface area contributed by atoms with Crippen LogP contribution in [0.1, 0.15) is 26.2 Å². The number of rotatable bonds is 4. The minimum absolute atomic E-state index is 0.0107. The molecule has 0 aliphatic carbocycles. The van der Waals surface area contributed by atoms with E-state index in [0.717, 1.165) is 19.4 Å². The lowest BCUT2D eigenvalue weighted by Gasteiger charge is -2.27. The van der Waals surface area contributed by atoms with Gasteiger partial charge in [0.25, 0.3) is 0 Å². The zero-order valence-electron chi connectivity index (χ0n) is 8.88. The quantitative estimate of drug-likeness (QED) is 0.551. The van der Waals surface area contributed by atoms with Crippen LogP contribution < -0.4 is 16.4 Å². The van der Waals surface area contributed by atoms with Gasteiger partial charge in [0.2, 0.25) is 5.91 Å². The second kappa shape index (κ2) is 5.98. The lowest BCUT2D eigenvalue weighted by atomic mass is 9.94. The van der Waals surface area contributed by atoms with Crippen LogP contribution in [-0.2, 0) is 4.79 Å². The summed E-state index contributed by atoms with van der Waals surface area (Å²) in [5, 5.41) is 6.13. The van der Waals surface area contributed by atoms with Crippen LogP contribution >= 0.6 is 0 Å². The van der Waals surface area contributed by atoms with Crippen LogP contribution in [0, 0.1) is 5.92 Å². The van der Waals surface area contributed by atoms with Crippen LogP contribution in [0.2, 0.25) is 0 Å². The summed E-state index contributed by atoms with van der Waals surface area (Å²) in [5.74, 6) is 0.784. The van der Waals surface area contributed by atoms with Crippen molar-refractivity contribution in [1.29, 1.82) is 0 Å². The van der Waals surface area contributed by atoms with Crippen molar-refractivity contribution in [3.8, 4) is 0 Å². The Morgan fingerprint density at radius 3 is 3.07 bits per heavy atom. The van der Waals surface area contributed by atoms with Crippen molar-refractivity contribution in [2.24, 2.45) is 11.7 Å². The second-order valence-corrected chi connectivity index (χ2v) is 4.07. The van der Waals surface area contributed by atoms with Gasteiger partial charge < -0.3 is 16.4 Å². The average Bonchev–Trinajstić information content (AvgIpc) is 2.18. The van der Waals surface area contributed by atoms with E-state index < -0.39 is 0 Å². The third-order valence-electron chi connectivity index (χ3n) is 2.66. The van der Waals surface area contributed by atoms with Crippen molar-refractivity contribution in [2.75, 3.05) is 19.6 Å². The molecule has 1 amide bonds. The highest BCUT2D eigenvalue weighted by atomic mass is 16.2. The van der Waals surface area contributed by atoms with Gasteiger partial charge in [0, 0.05) is 6.54 Å². The van der Waals surface area contributed by atoms with Gasteiger partial charge in [-0.15, -0.1) is 0 Å². The van der Waals surface area contributed by atoms with E-state index >= 15 is 0 Å². The molecule has 4 nitrogen and oxygen atoms in total. The summed E-state index contributed by atoms with van der Waals surface area (Å²) >= 11 is 0. The normalized spacial score (nSPS) is 27.3. The third kappa shape index (κ3) is 3.64. The highest BCUT2D eigenvalue weighted by Crippen LogP contribution is 2.14. The highest BCUT2D eigenvalue weighted by Gasteiger charge is 2.23. The van der Waals surface area contributed by atoms with Crippen LogP contribution in [-0.4, -0.2) is 31.6 Å². The molecular formula is C10H21N3O. The predicted octanol–water partition coefficient (Wildman–Crippen LogP) is -0.160. The molecule has 2 atom stereocenters. The van der Waals surface area contributed by atoms with Crippen LogP contribution in [0.15, 0.2) is 0 Å². The fourth-order valence-electron chi connectivity index (χ4n) is 1.74. The molecule has 1 saturated heterocycles. The summed E-state index contributed by atoms with van der Waals surface area (Å²) in [6.07, 6.45) is 2.98. The van der Waals surface area contributed by atoms with Crippen molar-refractivity contribution in [3.63, 3.8) is 0 Å². The fourth-order valence-corrected chi connectivity index (χ4v) is 1.74. The summed E-state index contributed by atoms with van der Waals surface area (Å²) in [6.45, 7) is 4.48. The first-order chi connectivity index (χ1) is 6.74. The van der Waals surface area contributed by atoms with E-state index in [-0.39, 0.29) is 11.9 Å². The Morgan fingerprint density at radius 1 is 1.64 bits per heavy atom. The minimum atomic E-state index is 0.0107. The smallest absolute Gasteiger partial charge is 0.237 e. The van der Waals surface area contributed by atoms with E-state index in [1.54, 1.807) is 0 Å². The average molecular weight is 199 g/mol. The van der Waals surface area contributed by atoms with E-state index in [9.17, 15) is 4.79 Å². The summed E-state index contributed by atoms with van der Waals surface area (Å²) in [4.78, 5) is 11.6. The monoisotopic (exact) mass is 199 g/mol. The van der Waals surface area contributed by atoms with Crippen LogP contribution in [0.5, 0.6) is 0 Å². The first-order valence-corrected chi connectivity index (χ1v) is 5.45. The molecule has 0 saturated carbocycles. The third-order valence-corrected chi connectivity index (χ3v) is 2.66. The molecule has 0 aromatic heterocycles. The lowest BCUT2D eigenvalue weighted by molar-refractivity contribution is -0.124. The Kier molecular flexibility index (Phi) is 4.90. The lowest BCUT2D eigenvalue weighted by Crippen LogP contribution is -2.48. The Labute approximate surface area is 85.6 Å². The molecule has 1 fully saturated rings. The molecule has 0 aromatic carbocycles. The molecular weight excluding hydrogens is 178 g/mol. The number of nitrogens with one attached hydrogen (secondary N) is 2. The molecule has 1 heterocycles. The van der Waals surface area contributed by atoms with Gasteiger partial charge in [-0.05, 0) is 38.3 Å². The van der Waals surface area contributed by atoms with E-state index in [2.05, 4.69) is 17.6 Å². The number of nitrogens with two attached hydrogens (primary N) is 1. The van der Waals surface area contributed by atoms with Crippen LogP contribution in [0.4, 0.5) is 0 Å². The number of carbonyl (C=O) groups is 1. The molecule has 0 spiro atoms. The number of hydrogen-bond acceptors (Lipinski definition) is 3. The Balaban J connectivity index is 2.22. The van der Waals surface area contributed by atoms with Crippen molar-refractivity contribution >= 4 is 5.91 Å². The first-order valence-electron chi connectivity index (χ1n) is 5.45. The summed E-state index contributed by atoms with van der Waals surface area (Å²) in [6, 6.07) is 0.0107. The van der Waals surface area contributed by atoms with Gasteiger partial charge in [-0.2, -0.15) is 0 Å². The molecule has 4 heteroatoms. The van der Waals surface area contributed by atoms with Crippen molar-refractivity contribution in [2.45, 2.75) is 32.2 Å². The Bertz CT molecular complexity index is 184. The van der Waals surface area contributed by atoms with Gasteiger partial charge in [0.15, 0.2) is 0 Å². The Morgan fingerprint density at radius 2 is 2.43 bits per heavy atom. The van der Waals surface area contributed by atoms with Gasteiger partial charge in [0.05, 0.1) is 6.04 Å². The minimum Gasteiger partial charge on any atom is -0.355 e. The molecule has 1 rings (SSSR count). The fraction of sp³-hybridized carbons (Fsp3) is 0.900. The second-order valence-electron chi connectivity index (χ2n) is 4.07. The molecule has 4 N–H and O–H groups in total. The maximum atomic E-state index is 11.6. The number of hydrogen-bond donors (Lipinski definition) is 3. The largest absolute Gasteiger partial charge is 0.355 e. The molecule has 1 aliphatic rings. The topological polar surface area (TPSA) is 67.2 Å². The van der Waals surface area contributed by atoms with Gasteiger partial charge in [-0.3, -0.25) is 4.79 Å². The molecule has 2 unspecified atom stereocenters. The summed E-state index contributed by atoms with van der Waals surface area (Å²) in [7, 11) is 0. The van der Waals surface area contributed by atoms with Gasteiger partial charge in [-0.25, -0.2) is 0 Å². The van der Waals surface area contributed by atoms with Crippen molar-refractivity contribution < 1.29 is 4.79 Å². The van der Waals surface area contributed by atoms with Gasteiger partial charge in [-0.1, -0.05) is 6.92 Å². The molecule has 82 valence electrons. The van der Waals surface area contributed by atoms with E-state index in [0.29, 0.717) is 19.0 Å². The highest BCUT2D eigenvalue weighted by molar-refractivity contribution is 5.81. The van der Waals surface area contributed by atoms with E-state index in [1.807, 2.05) is 0 Å². The SMILES string of the molecule is CC1CCNC(C(=O)NCCCN)C1. The molecule has 0 aromatic rings. The van der Waals surface area contributed by atoms with Crippen molar-refractivity contribution in [1.82, 2.24) is 10.6 Å². The molecule has 0 bridgehead atoms. The first kappa shape index (κ1) is 11.5. The molecule has 0 radical (unpaired) electrons. The van der Waals surface area contributed by atoms with Crippen LogP contribution in [0.3, 0.4) is 0 Å². The van der Waals surface area contributed by atoms with Gasteiger partial charge >= 0.3 is 0 Å². The number of carbonyl (C=O) groups excluding carboxylic acids is 1. The van der Waals surface area contributed by atoms with E-state index in [1.165, 1.54) is 6.42 Å². The molecule has 1 aliphatic heterocycles. The summed E-state index contributed by atoms with van der Waals surface area (Å²) < 4.78 is 0. The number of piperidine rings is 1. The van der Waals surface area contributed by atoms with Crippen molar-refractivity contribution in [3.05, 3.63) is 0 Å². The number of amides is 1. The maximum absolute atomic E-state index is 11.6. The maximum Gasteiger partial charge on any atom is 0.237 e. The zero-order chi connectivity index (χ0) is 10.4. The predicted molar refractivity (Wildman–Crippen MR) is 56.9 cm³/mol. The zero-order valence-corrected chi connectivity index (χ0v) is 8.88.